The van der Waals surface area contributed by atoms with Crippen molar-refractivity contribution >= 4 is 0 Å². The SMILES string of the molecule is CC(CN1CCNCC1)c1ccc(C(C)(C)C)cc1. The van der Waals surface area contributed by atoms with Crippen molar-refractivity contribution < 1.29 is 0 Å². The molecule has 0 aromatic heterocycles. The number of hydrogen-bond donors (Lipinski definition) is 1. The zero-order valence-corrected chi connectivity index (χ0v) is 12.9. The minimum absolute atomic E-state index is 0.250. The molecule has 0 amide bonds. The number of benzene rings is 1. The minimum atomic E-state index is 0.250. The van der Waals surface area contributed by atoms with Gasteiger partial charge >= 0.3 is 0 Å². The Morgan fingerprint density at radius 2 is 1.68 bits per heavy atom. The van der Waals surface area contributed by atoms with Gasteiger partial charge in [-0.05, 0) is 22.5 Å². The molecule has 0 saturated carbocycles. The molecule has 0 aliphatic carbocycles. The van der Waals surface area contributed by atoms with Gasteiger partial charge in [-0.2, -0.15) is 0 Å². The molecule has 2 nitrogen and oxygen atoms in total. The largest absolute Gasteiger partial charge is 0.314 e. The topological polar surface area (TPSA) is 15.3 Å². The predicted octanol–water partition coefficient (Wildman–Crippen LogP) is 2.99. The van der Waals surface area contributed by atoms with Crippen LogP contribution in [0.3, 0.4) is 0 Å². The van der Waals surface area contributed by atoms with E-state index in [1.807, 2.05) is 0 Å². The maximum atomic E-state index is 3.41. The van der Waals surface area contributed by atoms with Crippen molar-refractivity contribution in [3.63, 3.8) is 0 Å². The molecule has 19 heavy (non-hydrogen) atoms. The molecule has 1 aliphatic rings. The summed E-state index contributed by atoms with van der Waals surface area (Å²) < 4.78 is 0. The van der Waals surface area contributed by atoms with Gasteiger partial charge in [-0.3, -0.25) is 0 Å². The van der Waals surface area contributed by atoms with Crippen molar-refractivity contribution in [1.82, 2.24) is 10.2 Å². The molecule has 2 rings (SSSR count). The van der Waals surface area contributed by atoms with Crippen LogP contribution in [0.5, 0.6) is 0 Å². The molecule has 1 N–H and O–H groups in total. The van der Waals surface area contributed by atoms with Gasteiger partial charge in [0.05, 0.1) is 0 Å². The van der Waals surface area contributed by atoms with Gasteiger partial charge in [-0.15, -0.1) is 0 Å². The summed E-state index contributed by atoms with van der Waals surface area (Å²) in [7, 11) is 0. The van der Waals surface area contributed by atoms with E-state index in [1.54, 1.807) is 0 Å². The third kappa shape index (κ3) is 4.05. The summed E-state index contributed by atoms with van der Waals surface area (Å²) in [6.07, 6.45) is 0. The summed E-state index contributed by atoms with van der Waals surface area (Å²) in [6, 6.07) is 9.22. The second kappa shape index (κ2) is 6.06. The first-order chi connectivity index (χ1) is 8.97. The highest BCUT2D eigenvalue weighted by Crippen LogP contribution is 2.24. The van der Waals surface area contributed by atoms with Crippen LogP contribution in [0.1, 0.15) is 44.7 Å². The molecule has 1 fully saturated rings. The molecule has 1 atom stereocenters. The molecule has 1 aliphatic heterocycles. The Balaban J connectivity index is 1.97. The molecular formula is C17H28N2. The van der Waals surface area contributed by atoms with Gasteiger partial charge in [0.15, 0.2) is 0 Å². The highest BCUT2D eigenvalue weighted by atomic mass is 15.2. The number of hydrogen-bond acceptors (Lipinski definition) is 2. The smallest absolute Gasteiger partial charge is 0.0108 e. The normalized spacial score (nSPS) is 19.4. The van der Waals surface area contributed by atoms with Gasteiger partial charge < -0.3 is 10.2 Å². The average molecular weight is 260 g/mol. The molecule has 2 heteroatoms. The van der Waals surface area contributed by atoms with E-state index in [1.165, 1.54) is 30.8 Å². The Bertz CT molecular complexity index is 383. The lowest BCUT2D eigenvalue weighted by molar-refractivity contribution is 0.230. The summed E-state index contributed by atoms with van der Waals surface area (Å²) in [4.78, 5) is 2.57. The lowest BCUT2D eigenvalue weighted by Gasteiger charge is -2.30. The Hall–Kier alpha value is -0.860. The third-order valence-corrected chi connectivity index (χ3v) is 4.09. The van der Waals surface area contributed by atoms with E-state index in [9.17, 15) is 0 Å². The van der Waals surface area contributed by atoms with Crippen LogP contribution in [0.15, 0.2) is 24.3 Å². The lowest BCUT2D eigenvalue weighted by atomic mass is 9.85. The van der Waals surface area contributed by atoms with Crippen LogP contribution >= 0.6 is 0 Å². The molecule has 1 heterocycles. The maximum absolute atomic E-state index is 3.41. The van der Waals surface area contributed by atoms with E-state index in [2.05, 4.69) is 62.2 Å². The first kappa shape index (κ1) is 14.5. The van der Waals surface area contributed by atoms with E-state index in [0.29, 0.717) is 5.92 Å². The highest BCUT2D eigenvalue weighted by Gasteiger charge is 2.16. The summed E-state index contributed by atoms with van der Waals surface area (Å²) in [6.45, 7) is 15.0. The van der Waals surface area contributed by atoms with E-state index >= 15 is 0 Å². The average Bonchev–Trinajstić information content (AvgIpc) is 2.39. The Morgan fingerprint density at radius 3 is 2.21 bits per heavy atom. The first-order valence-corrected chi connectivity index (χ1v) is 7.50. The van der Waals surface area contributed by atoms with Crippen molar-refractivity contribution in [1.29, 1.82) is 0 Å². The zero-order valence-electron chi connectivity index (χ0n) is 12.9. The Morgan fingerprint density at radius 1 is 1.11 bits per heavy atom. The molecule has 0 bridgehead atoms. The predicted molar refractivity (Wildman–Crippen MR) is 82.9 cm³/mol. The summed E-state index contributed by atoms with van der Waals surface area (Å²) >= 11 is 0. The minimum Gasteiger partial charge on any atom is -0.314 e. The van der Waals surface area contributed by atoms with E-state index in [4.69, 9.17) is 0 Å². The Kier molecular flexibility index (Phi) is 4.64. The number of nitrogens with one attached hydrogen (secondary N) is 1. The lowest BCUT2D eigenvalue weighted by Crippen LogP contribution is -2.44. The van der Waals surface area contributed by atoms with Crippen LogP contribution in [-0.2, 0) is 5.41 Å². The third-order valence-electron chi connectivity index (χ3n) is 4.09. The van der Waals surface area contributed by atoms with Gasteiger partial charge in [0.2, 0.25) is 0 Å². The number of piperazine rings is 1. The van der Waals surface area contributed by atoms with Crippen molar-refractivity contribution in [3.05, 3.63) is 35.4 Å². The van der Waals surface area contributed by atoms with Crippen molar-refractivity contribution in [2.24, 2.45) is 0 Å². The van der Waals surface area contributed by atoms with E-state index in [0.717, 1.165) is 13.1 Å². The van der Waals surface area contributed by atoms with Gasteiger partial charge in [0.1, 0.15) is 0 Å². The molecule has 1 aromatic rings. The van der Waals surface area contributed by atoms with Crippen LogP contribution in [0, 0.1) is 0 Å². The van der Waals surface area contributed by atoms with Gasteiger partial charge in [-0.25, -0.2) is 0 Å². The van der Waals surface area contributed by atoms with Crippen LogP contribution in [0.25, 0.3) is 0 Å². The highest BCUT2D eigenvalue weighted by molar-refractivity contribution is 5.29. The molecule has 1 saturated heterocycles. The number of rotatable bonds is 3. The first-order valence-electron chi connectivity index (χ1n) is 7.50. The summed E-state index contributed by atoms with van der Waals surface area (Å²) in [5.74, 6) is 0.618. The fraction of sp³-hybridized carbons (Fsp3) is 0.647. The molecule has 1 unspecified atom stereocenters. The van der Waals surface area contributed by atoms with E-state index in [-0.39, 0.29) is 5.41 Å². The molecule has 0 spiro atoms. The molecular weight excluding hydrogens is 232 g/mol. The van der Waals surface area contributed by atoms with Gasteiger partial charge in [0, 0.05) is 32.7 Å². The second-order valence-electron chi connectivity index (χ2n) is 6.82. The molecule has 1 aromatic carbocycles. The fourth-order valence-electron chi connectivity index (χ4n) is 2.70. The quantitative estimate of drug-likeness (QED) is 0.899. The second-order valence-corrected chi connectivity index (χ2v) is 6.82. The molecule has 0 radical (unpaired) electrons. The number of nitrogens with zero attached hydrogens (tertiary/aromatic N) is 1. The summed E-state index contributed by atoms with van der Waals surface area (Å²) in [5.41, 5.74) is 3.14. The van der Waals surface area contributed by atoms with Crippen molar-refractivity contribution in [3.8, 4) is 0 Å². The summed E-state index contributed by atoms with van der Waals surface area (Å²) in [5, 5.41) is 3.41. The fourth-order valence-corrected chi connectivity index (χ4v) is 2.70. The van der Waals surface area contributed by atoms with Crippen LogP contribution in [0.2, 0.25) is 0 Å². The standard InChI is InChI=1S/C17H28N2/c1-14(13-19-11-9-18-10-12-19)15-5-7-16(8-6-15)17(2,3)4/h5-8,14,18H,9-13H2,1-4H3. The van der Waals surface area contributed by atoms with Crippen LogP contribution in [-0.4, -0.2) is 37.6 Å². The Labute approximate surface area is 118 Å². The van der Waals surface area contributed by atoms with Crippen LogP contribution < -0.4 is 5.32 Å². The van der Waals surface area contributed by atoms with Gasteiger partial charge in [0.25, 0.3) is 0 Å². The van der Waals surface area contributed by atoms with Crippen LogP contribution in [0.4, 0.5) is 0 Å². The van der Waals surface area contributed by atoms with Crippen molar-refractivity contribution in [2.45, 2.75) is 39.0 Å². The maximum Gasteiger partial charge on any atom is 0.0108 e. The van der Waals surface area contributed by atoms with Crippen molar-refractivity contribution in [2.75, 3.05) is 32.7 Å². The monoisotopic (exact) mass is 260 g/mol. The van der Waals surface area contributed by atoms with Gasteiger partial charge in [-0.1, -0.05) is 52.0 Å². The zero-order chi connectivity index (χ0) is 13.9. The molecule has 106 valence electrons. The van der Waals surface area contributed by atoms with E-state index < -0.39 is 0 Å².